The summed E-state index contributed by atoms with van der Waals surface area (Å²) in [6.45, 7) is 4.88. The van der Waals surface area contributed by atoms with Crippen LogP contribution in [0.4, 0.5) is 0 Å². The van der Waals surface area contributed by atoms with E-state index >= 15 is 0 Å². The summed E-state index contributed by atoms with van der Waals surface area (Å²) >= 11 is 1.78. The summed E-state index contributed by atoms with van der Waals surface area (Å²) in [6, 6.07) is 7.20. The monoisotopic (exact) mass is 291 g/mol. The van der Waals surface area contributed by atoms with Crippen LogP contribution in [0.5, 0.6) is 0 Å². The van der Waals surface area contributed by atoms with E-state index in [1.165, 1.54) is 0 Å². The minimum absolute atomic E-state index is 0.256. The van der Waals surface area contributed by atoms with Crippen LogP contribution in [0.2, 0.25) is 0 Å². The van der Waals surface area contributed by atoms with Crippen molar-refractivity contribution in [1.82, 2.24) is 5.32 Å². The maximum absolute atomic E-state index is 11.4. The highest BCUT2D eigenvalue weighted by Crippen LogP contribution is 2.25. The number of furan rings is 1. The van der Waals surface area contributed by atoms with Crippen molar-refractivity contribution in [3.63, 3.8) is 0 Å². The van der Waals surface area contributed by atoms with Crippen molar-refractivity contribution in [2.45, 2.75) is 6.54 Å². The number of carboxylic acids is 1. The van der Waals surface area contributed by atoms with Gasteiger partial charge in [0.2, 0.25) is 0 Å². The van der Waals surface area contributed by atoms with Crippen molar-refractivity contribution in [2.24, 2.45) is 0 Å². The fourth-order valence-electron chi connectivity index (χ4n) is 1.97. The van der Waals surface area contributed by atoms with Gasteiger partial charge in [-0.1, -0.05) is 24.3 Å². The van der Waals surface area contributed by atoms with Gasteiger partial charge in [0.1, 0.15) is 16.9 Å². The lowest BCUT2D eigenvalue weighted by Gasteiger charge is -2.02. The van der Waals surface area contributed by atoms with E-state index in [-0.39, 0.29) is 5.56 Å². The van der Waals surface area contributed by atoms with Crippen LogP contribution in [0.15, 0.2) is 41.3 Å². The van der Waals surface area contributed by atoms with Gasteiger partial charge >= 0.3 is 5.97 Å². The smallest absolute Gasteiger partial charge is 0.339 e. The molecule has 2 rings (SSSR count). The molecule has 4 nitrogen and oxygen atoms in total. The van der Waals surface area contributed by atoms with Gasteiger partial charge in [0.15, 0.2) is 0 Å². The van der Waals surface area contributed by atoms with Gasteiger partial charge in [-0.15, -0.1) is 6.58 Å². The third-order valence-corrected chi connectivity index (χ3v) is 3.79. The van der Waals surface area contributed by atoms with E-state index in [9.17, 15) is 9.90 Å². The first-order valence-corrected chi connectivity index (χ1v) is 7.52. The van der Waals surface area contributed by atoms with Crippen molar-refractivity contribution < 1.29 is 14.3 Å². The molecule has 0 aliphatic rings. The first kappa shape index (κ1) is 14.7. The van der Waals surface area contributed by atoms with Gasteiger partial charge < -0.3 is 14.8 Å². The van der Waals surface area contributed by atoms with Crippen molar-refractivity contribution in [3.05, 3.63) is 48.2 Å². The summed E-state index contributed by atoms with van der Waals surface area (Å²) in [5, 5.41) is 13.2. The summed E-state index contributed by atoms with van der Waals surface area (Å²) < 4.78 is 5.62. The minimum Gasteiger partial charge on any atom is -0.478 e. The van der Waals surface area contributed by atoms with Gasteiger partial charge in [0.05, 0.1) is 6.54 Å². The van der Waals surface area contributed by atoms with E-state index in [0.717, 1.165) is 18.1 Å². The summed E-state index contributed by atoms with van der Waals surface area (Å²) in [5.41, 5.74) is 0.870. The molecule has 0 spiro atoms. The average Bonchev–Trinajstić information content (AvgIpc) is 2.81. The molecule has 0 aliphatic carbocycles. The van der Waals surface area contributed by atoms with Crippen LogP contribution < -0.4 is 5.32 Å². The molecule has 0 unspecified atom stereocenters. The zero-order valence-electron chi connectivity index (χ0n) is 11.1. The number of hydrogen-bond acceptors (Lipinski definition) is 4. The largest absolute Gasteiger partial charge is 0.478 e. The molecule has 0 bridgehead atoms. The van der Waals surface area contributed by atoms with Gasteiger partial charge in [-0.3, -0.25) is 0 Å². The number of benzene rings is 1. The molecule has 1 heterocycles. The minimum atomic E-state index is -0.951. The number of hydrogen-bond donors (Lipinski definition) is 2. The Bertz CT molecular complexity index is 606. The maximum atomic E-state index is 11.4. The summed E-state index contributed by atoms with van der Waals surface area (Å²) in [4.78, 5) is 11.4. The van der Waals surface area contributed by atoms with E-state index in [0.29, 0.717) is 23.3 Å². The van der Waals surface area contributed by atoms with Gasteiger partial charge in [0, 0.05) is 23.4 Å². The second kappa shape index (κ2) is 7.17. The lowest BCUT2D eigenvalue weighted by Crippen LogP contribution is -2.17. The molecule has 0 amide bonds. The lowest BCUT2D eigenvalue weighted by atomic mass is 10.1. The molecule has 0 saturated carbocycles. The molecule has 20 heavy (non-hydrogen) atoms. The number of nitrogens with one attached hydrogen (secondary N) is 1. The molecule has 0 fully saturated rings. The molecule has 1 aromatic heterocycles. The summed E-state index contributed by atoms with van der Waals surface area (Å²) in [7, 11) is 0. The topological polar surface area (TPSA) is 62.5 Å². The number of para-hydroxylation sites is 1. The van der Waals surface area contributed by atoms with Crippen LogP contribution in [0, 0.1) is 0 Å². The van der Waals surface area contributed by atoms with Crippen LogP contribution in [0.1, 0.15) is 16.1 Å². The predicted molar refractivity (Wildman–Crippen MR) is 82.4 cm³/mol. The Labute approximate surface area is 121 Å². The van der Waals surface area contributed by atoms with Crippen molar-refractivity contribution in [1.29, 1.82) is 0 Å². The number of carboxylic acid groups (broad SMARTS) is 1. The first-order valence-electron chi connectivity index (χ1n) is 6.37. The lowest BCUT2D eigenvalue weighted by molar-refractivity contribution is 0.0696. The standard InChI is InChI=1S/C15H17NO3S/c1-2-8-20-9-7-16-10-13-14(15(17)18)11-5-3-4-6-12(11)19-13/h2-6,16H,1,7-10H2,(H,17,18). The van der Waals surface area contributed by atoms with E-state index in [1.807, 2.05) is 18.2 Å². The average molecular weight is 291 g/mol. The Hall–Kier alpha value is -1.72. The molecule has 0 saturated heterocycles. The molecule has 2 N–H and O–H groups in total. The molecular formula is C15H17NO3S. The fraction of sp³-hybridized carbons (Fsp3) is 0.267. The quantitative estimate of drug-likeness (QED) is 0.578. The zero-order chi connectivity index (χ0) is 14.4. The third-order valence-electron chi connectivity index (χ3n) is 2.83. The zero-order valence-corrected chi connectivity index (χ0v) is 11.9. The number of thioether (sulfide) groups is 1. The van der Waals surface area contributed by atoms with E-state index in [1.54, 1.807) is 23.9 Å². The number of rotatable bonds is 8. The van der Waals surface area contributed by atoms with E-state index < -0.39 is 5.97 Å². The fourth-order valence-corrected chi connectivity index (χ4v) is 2.59. The van der Waals surface area contributed by atoms with Gasteiger partial charge in [-0.2, -0.15) is 11.8 Å². The highest BCUT2D eigenvalue weighted by Gasteiger charge is 2.19. The predicted octanol–water partition coefficient (Wildman–Crippen LogP) is 3.14. The Morgan fingerprint density at radius 3 is 3.00 bits per heavy atom. The summed E-state index contributed by atoms with van der Waals surface area (Å²) in [6.07, 6.45) is 1.87. The van der Waals surface area contributed by atoms with Crippen molar-refractivity contribution >= 4 is 28.7 Å². The molecule has 2 aromatic rings. The number of aromatic carboxylic acids is 1. The van der Waals surface area contributed by atoms with Gasteiger partial charge in [-0.05, 0) is 6.07 Å². The SMILES string of the molecule is C=CCSCCNCc1oc2ccccc2c1C(=O)O. The second-order valence-corrected chi connectivity index (χ2v) is 5.39. The number of fused-ring (bicyclic) bond motifs is 1. The normalized spacial score (nSPS) is 10.8. The second-order valence-electron chi connectivity index (χ2n) is 4.24. The van der Waals surface area contributed by atoms with Crippen LogP contribution in [0.3, 0.4) is 0 Å². The van der Waals surface area contributed by atoms with Gasteiger partial charge in [-0.25, -0.2) is 4.79 Å². The highest BCUT2D eigenvalue weighted by molar-refractivity contribution is 7.99. The Kier molecular flexibility index (Phi) is 5.26. The Morgan fingerprint density at radius 1 is 1.45 bits per heavy atom. The molecule has 0 aliphatic heterocycles. The van der Waals surface area contributed by atoms with Crippen molar-refractivity contribution in [3.8, 4) is 0 Å². The molecular weight excluding hydrogens is 274 g/mol. The third kappa shape index (κ3) is 3.43. The molecule has 5 heteroatoms. The van der Waals surface area contributed by atoms with Gasteiger partial charge in [0.25, 0.3) is 0 Å². The Morgan fingerprint density at radius 2 is 2.25 bits per heavy atom. The Balaban J connectivity index is 2.04. The molecule has 0 radical (unpaired) electrons. The van der Waals surface area contributed by atoms with E-state index in [2.05, 4.69) is 11.9 Å². The first-order chi connectivity index (χ1) is 9.74. The van der Waals surface area contributed by atoms with E-state index in [4.69, 9.17) is 4.42 Å². The molecule has 0 atom stereocenters. The maximum Gasteiger partial charge on any atom is 0.339 e. The highest BCUT2D eigenvalue weighted by atomic mass is 32.2. The summed E-state index contributed by atoms with van der Waals surface area (Å²) in [5.74, 6) is 1.40. The van der Waals surface area contributed by atoms with Crippen LogP contribution in [-0.4, -0.2) is 29.1 Å². The van der Waals surface area contributed by atoms with Crippen molar-refractivity contribution in [2.75, 3.05) is 18.1 Å². The number of carbonyl (C=O) groups is 1. The van der Waals surface area contributed by atoms with Crippen LogP contribution in [0.25, 0.3) is 11.0 Å². The molecule has 1 aromatic carbocycles. The van der Waals surface area contributed by atoms with Crippen LogP contribution >= 0.6 is 11.8 Å². The van der Waals surface area contributed by atoms with Crippen LogP contribution in [-0.2, 0) is 6.54 Å². The molecule has 106 valence electrons.